The van der Waals surface area contributed by atoms with E-state index in [1.165, 1.54) is 5.56 Å². The van der Waals surface area contributed by atoms with Crippen LogP contribution in [0.3, 0.4) is 0 Å². The van der Waals surface area contributed by atoms with Crippen molar-refractivity contribution in [2.75, 3.05) is 13.6 Å². The van der Waals surface area contributed by atoms with Crippen molar-refractivity contribution in [3.8, 4) is 0 Å². The molecule has 0 aliphatic rings. The van der Waals surface area contributed by atoms with Crippen LogP contribution in [0.5, 0.6) is 0 Å². The predicted molar refractivity (Wildman–Crippen MR) is 126 cm³/mol. The number of aliphatic imine (C=N–C) groups is 1. The lowest BCUT2D eigenvalue weighted by atomic mass is 9.86. The molecule has 1 aromatic heterocycles. The zero-order valence-corrected chi connectivity index (χ0v) is 20.6. The monoisotopic (exact) mass is 519 g/mol. The summed E-state index contributed by atoms with van der Waals surface area (Å²) < 4.78 is 5.31. The Labute approximate surface area is 189 Å². The van der Waals surface area contributed by atoms with E-state index >= 15 is 0 Å². The van der Waals surface area contributed by atoms with Crippen LogP contribution in [-0.2, 0) is 18.4 Å². The van der Waals surface area contributed by atoms with Gasteiger partial charge in [0.2, 0.25) is 5.89 Å². The molecule has 2 N–H and O–H groups in total. The fraction of sp³-hybridized carbons (Fsp3) is 0.550. The van der Waals surface area contributed by atoms with Crippen LogP contribution in [0.4, 0.5) is 0 Å². The second-order valence-electron chi connectivity index (χ2n) is 8.52. The third-order valence-electron chi connectivity index (χ3n) is 4.05. The fourth-order valence-electron chi connectivity index (χ4n) is 2.60. The van der Waals surface area contributed by atoms with E-state index in [-0.39, 0.29) is 34.8 Å². The molecule has 156 valence electrons. The van der Waals surface area contributed by atoms with E-state index in [1.54, 1.807) is 7.05 Å². The van der Waals surface area contributed by atoms with Gasteiger partial charge < -0.3 is 15.2 Å². The summed E-state index contributed by atoms with van der Waals surface area (Å²) in [6, 6.07) is 7.99. The summed E-state index contributed by atoms with van der Waals surface area (Å²) in [7, 11) is 1.75. The number of guanidine groups is 1. The van der Waals surface area contributed by atoms with Gasteiger partial charge in [-0.2, -0.15) is 4.98 Å². The van der Waals surface area contributed by atoms with Crippen LogP contribution in [0.15, 0.2) is 33.8 Å². The molecule has 0 fully saturated rings. The molecule has 28 heavy (non-hydrogen) atoms. The molecule has 0 saturated heterocycles. The van der Waals surface area contributed by atoms with Crippen molar-refractivity contribution >= 4 is 41.5 Å². The summed E-state index contributed by atoms with van der Waals surface area (Å²) in [6.07, 6.45) is 0.914. The van der Waals surface area contributed by atoms with Gasteiger partial charge in [0.25, 0.3) is 0 Å². The minimum absolute atomic E-state index is 0. The Morgan fingerprint density at radius 3 is 2.46 bits per heavy atom. The molecule has 0 aliphatic carbocycles. The molecular formula is C20H31ClIN5O. The van der Waals surface area contributed by atoms with Gasteiger partial charge in [-0.05, 0) is 29.5 Å². The second-order valence-corrected chi connectivity index (χ2v) is 8.95. The topological polar surface area (TPSA) is 75.3 Å². The normalized spacial score (nSPS) is 12.5. The maximum absolute atomic E-state index is 6.09. The molecule has 8 heteroatoms. The van der Waals surface area contributed by atoms with Crippen LogP contribution in [0.25, 0.3) is 0 Å². The van der Waals surface area contributed by atoms with E-state index in [0.29, 0.717) is 24.2 Å². The highest BCUT2D eigenvalue weighted by Crippen LogP contribution is 2.23. The maximum Gasteiger partial charge on any atom is 0.232 e. The van der Waals surface area contributed by atoms with Gasteiger partial charge in [-0.25, -0.2) is 0 Å². The number of benzene rings is 1. The lowest BCUT2D eigenvalue weighted by molar-refractivity contribution is 0.318. The Kier molecular flexibility index (Phi) is 9.20. The number of hydrogen-bond acceptors (Lipinski definition) is 4. The van der Waals surface area contributed by atoms with Crippen LogP contribution in [-0.4, -0.2) is 29.7 Å². The number of hydrogen-bond donors (Lipinski definition) is 2. The third kappa shape index (κ3) is 7.95. The Morgan fingerprint density at radius 2 is 1.89 bits per heavy atom. The molecule has 6 nitrogen and oxygen atoms in total. The standard InChI is InChI=1S/C20H30ClN5O.HI/c1-19(2,3)17-25-16(26-27-17)12-23-18(22-6)24-13-20(4,5)11-14-8-7-9-15(21)10-14;/h7-10H,11-13H2,1-6H3,(H2,22,23,24);1H. The van der Waals surface area contributed by atoms with E-state index in [2.05, 4.69) is 45.7 Å². The summed E-state index contributed by atoms with van der Waals surface area (Å²) in [4.78, 5) is 8.70. The maximum atomic E-state index is 6.09. The van der Waals surface area contributed by atoms with Gasteiger partial charge >= 0.3 is 0 Å². The first-order valence-electron chi connectivity index (χ1n) is 9.11. The van der Waals surface area contributed by atoms with Crippen molar-refractivity contribution in [1.82, 2.24) is 20.8 Å². The zero-order valence-electron chi connectivity index (χ0n) is 17.5. The SMILES string of the molecule is CN=C(NCc1noc(C(C)(C)C)n1)NCC(C)(C)Cc1cccc(Cl)c1.I. The van der Waals surface area contributed by atoms with Gasteiger partial charge in [0, 0.05) is 24.0 Å². The fourth-order valence-corrected chi connectivity index (χ4v) is 2.81. The quantitative estimate of drug-likeness (QED) is 0.332. The molecule has 2 rings (SSSR count). The molecule has 1 heterocycles. The molecule has 0 spiro atoms. The van der Waals surface area contributed by atoms with Crippen molar-refractivity contribution < 1.29 is 4.52 Å². The van der Waals surface area contributed by atoms with Gasteiger partial charge in [-0.3, -0.25) is 4.99 Å². The van der Waals surface area contributed by atoms with Crippen molar-refractivity contribution in [2.24, 2.45) is 10.4 Å². The van der Waals surface area contributed by atoms with Crippen LogP contribution < -0.4 is 10.6 Å². The highest BCUT2D eigenvalue weighted by molar-refractivity contribution is 14.0. The van der Waals surface area contributed by atoms with Gasteiger partial charge in [-0.1, -0.05) is 63.5 Å². The number of halogens is 2. The first-order chi connectivity index (χ1) is 12.6. The zero-order chi connectivity index (χ0) is 20.1. The molecule has 0 amide bonds. The molecule has 1 aromatic carbocycles. The van der Waals surface area contributed by atoms with Crippen molar-refractivity contribution in [3.05, 3.63) is 46.6 Å². The Balaban J connectivity index is 0.00000392. The van der Waals surface area contributed by atoms with Crippen molar-refractivity contribution in [3.63, 3.8) is 0 Å². The van der Waals surface area contributed by atoms with Crippen LogP contribution in [0, 0.1) is 5.41 Å². The summed E-state index contributed by atoms with van der Waals surface area (Å²) in [5.74, 6) is 1.95. The highest BCUT2D eigenvalue weighted by Gasteiger charge is 2.22. The van der Waals surface area contributed by atoms with E-state index in [1.807, 2.05) is 39.0 Å². The minimum Gasteiger partial charge on any atom is -0.356 e. The lowest BCUT2D eigenvalue weighted by Gasteiger charge is -2.26. The third-order valence-corrected chi connectivity index (χ3v) is 4.29. The van der Waals surface area contributed by atoms with E-state index in [0.717, 1.165) is 18.0 Å². The number of nitrogens with one attached hydrogen (secondary N) is 2. The van der Waals surface area contributed by atoms with E-state index in [9.17, 15) is 0 Å². The van der Waals surface area contributed by atoms with Crippen molar-refractivity contribution in [1.29, 1.82) is 0 Å². The molecule has 0 aliphatic heterocycles. The van der Waals surface area contributed by atoms with Gasteiger partial charge in [0.1, 0.15) is 0 Å². The van der Waals surface area contributed by atoms with Crippen LogP contribution >= 0.6 is 35.6 Å². The van der Waals surface area contributed by atoms with Gasteiger partial charge in [0.15, 0.2) is 11.8 Å². The van der Waals surface area contributed by atoms with Gasteiger partial charge in [-0.15, -0.1) is 24.0 Å². The smallest absolute Gasteiger partial charge is 0.232 e. The Bertz CT molecular complexity index is 783. The molecular weight excluding hydrogens is 489 g/mol. The van der Waals surface area contributed by atoms with Gasteiger partial charge in [0.05, 0.1) is 6.54 Å². The lowest BCUT2D eigenvalue weighted by Crippen LogP contribution is -2.42. The molecule has 0 unspecified atom stereocenters. The second kappa shape index (κ2) is 10.4. The first kappa shape index (κ1) is 24.7. The summed E-state index contributed by atoms with van der Waals surface area (Å²) in [5.41, 5.74) is 1.10. The Hall–Kier alpha value is -1.35. The molecule has 0 radical (unpaired) electrons. The largest absolute Gasteiger partial charge is 0.356 e. The van der Waals surface area contributed by atoms with Crippen molar-refractivity contribution in [2.45, 2.75) is 53.0 Å². The molecule has 0 atom stereocenters. The number of rotatable bonds is 6. The summed E-state index contributed by atoms with van der Waals surface area (Å²) in [5, 5.41) is 11.4. The summed E-state index contributed by atoms with van der Waals surface area (Å²) in [6.45, 7) is 11.8. The van der Waals surface area contributed by atoms with Crippen LogP contribution in [0.2, 0.25) is 5.02 Å². The van der Waals surface area contributed by atoms with E-state index < -0.39 is 0 Å². The molecule has 0 bridgehead atoms. The predicted octanol–water partition coefficient (Wildman–Crippen LogP) is 4.57. The first-order valence-corrected chi connectivity index (χ1v) is 9.49. The van der Waals surface area contributed by atoms with E-state index in [4.69, 9.17) is 16.1 Å². The Morgan fingerprint density at radius 1 is 1.18 bits per heavy atom. The minimum atomic E-state index is -0.157. The number of aromatic nitrogens is 2. The highest BCUT2D eigenvalue weighted by atomic mass is 127. The number of nitrogens with zero attached hydrogens (tertiary/aromatic N) is 3. The van der Waals surface area contributed by atoms with Crippen LogP contribution in [0.1, 0.15) is 51.9 Å². The molecule has 2 aromatic rings. The summed E-state index contributed by atoms with van der Waals surface area (Å²) >= 11 is 6.09. The molecule has 0 saturated carbocycles. The average molecular weight is 520 g/mol. The average Bonchev–Trinajstić information content (AvgIpc) is 3.04.